The van der Waals surface area contributed by atoms with Crippen molar-refractivity contribution in [1.29, 1.82) is 0 Å². The molecule has 60 heavy (non-hydrogen) atoms. The zero-order chi connectivity index (χ0) is 42.6. The molecule has 0 amide bonds. The van der Waals surface area contributed by atoms with Gasteiger partial charge < -0.3 is 68.9 Å². The Morgan fingerprint density at radius 1 is 0.650 bits per heavy atom. The van der Waals surface area contributed by atoms with E-state index in [0.717, 1.165) is 11.3 Å². The lowest BCUT2D eigenvalue weighted by molar-refractivity contribution is -0.332. The second-order valence-electron chi connectivity index (χ2n) is 15.7. The van der Waals surface area contributed by atoms with E-state index in [1.165, 1.54) is 12.1 Å². The molecule has 4 heterocycles. The summed E-state index contributed by atoms with van der Waals surface area (Å²) in [6.07, 6.45) is -10.9. The quantitative estimate of drug-likeness (QED) is 0.0973. The van der Waals surface area contributed by atoms with Gasteiger partial charge in [0.15, 0.2) is 0 Å². The molecule has 4 aliphatic heterocycles. The number of benzene rings is 4. The fourth-order valence-electron chi connectivity index (χ4n) is 8.61. The molecule has 16 heteroatoms. The summed E-state index contributed by atoms with van der Waals surface area (Å²) in [5.74, 6) is -2.61. The minimum Gasteiger partial charge on any atom is -0.494 e. The predicted octanol–water partition coefficient (Wildman–Crippen LogP) is 3.25. The van der Waals surface area contributed by atoms with Crippen LogP contribution in [0.1, 0.15) is 53.3 Å². The van der Waals surface area contributed by atoms with E-state index in [2.05, 4.69) is 0 Å². The van der Waals surface area contributed by atoms with Crippen molar-refractivity contribution >= 4 is 23.2 Å². The summed E-state index contributed by atoms with van der Waals surface area (Å²) in [5, 5.41) is 78.4. The molecule has 0 spiro atoms. The molecule has 4 fully saturated rings. The van der Waals surface area contributed by atoms with E-state index in [1.807, 2.05) is 38.1 Å². The Hall–Kier alpha value is -3.42. The zero-order valence-corrected chi connectivity index (χ0v) is 34.3. The van der Waals surface area contributed by atoms with Crippen LogP contribution in [0.3, 0.4) is 0 Å². The van der Waals surface area contributed by atoms with Gasteiger partial charge in [0.1, 0.15) is 65.4 Å². The zero-order valence-electron chi connectivity index (χ0n) is 32.8. The number of aliphatic hydroxyl groups excluding tert-OH is 7. The first-order valence-electron chi connectivity index (χ1n) is 19.8. The molecule has 4 aromatic rings. The molecule has 0 unspecified atom stereocenters. The first-order valence-corrected chi connectivity index (χ1v) is 20.5. The molecule has 8 rings (SSSR count). The third kappa shape index (κ3) is 7.19. The number of hydrogen-bond donors (Lipinski definition) is 7. The van der Waals surface area contributed by atoms with Crippen molar-refractivity contribution in [3.8, 4) is 11.5 Å². The van der Waals surface area contributed by atoms with Crippen LogP contribution in [0.4, 0.5) is 0 Å². The highest BCUT2D eigenvalue weighted by molar-refractivity contribution is 6.31. The smallest absolute Gasteiger partial charge is 0.225 e. The van der Waals surface area contributed by atoms with E-state index in [9.17, 15) is 35.7 Å². The lowest BCUT2D eigenvalue weighted by Gasteiger charge is -2.47. The van der Waals surface area contributed by atoms with Gasteiger partial charge in [-0.05, 0) is 85.5 Å². The standard InChI is InChI=1S/C44H48Cl2O14/c1-3-54-29-11-5-24(6-12-29)17-26-18-27(9-15-32(26)45)43-40(53)35(49)38(51)42(60-43,23-58-43)21-56-36(25-7-13-30(14-8-25)55-4-2)31-19-28(10-16-33(31)46)44-39(52)34(48)37(50)41(20-47,59-44)22-57-44/h5-16,18-19,34-40,47-53H,3-4,17,20-23H2,1-2H3/t34-,35-,36-,37-,38-,39+,40+,41-,42-,43-,44-/m0/s1. The van der Waals surface area contributed by atoms with Crippen LogP contribution in [0.2, 0.25) is 10.0 Å². The molecule has 0 saturated carbocycles. The average Bonchev–Trinajstić information content (AvgIpc) is 3.84. The summed E-state index contributed by atoms with van der Waals surface area (Å²) in [7, 11) is 0. The summed E-state index contributed by atoms with van der Waals surface area (Å²) in [5.41, 5.74) is -0.334. The highest BCUT2D eigenvalue weighted by Gasteiger charge is 2.68. The van der Waals surface area contributed by atoms with Crippen molar-refractivity contribution in [2.45, 2.75) is 85.8 Å². The number of ether oxygens (including phenoxy) is 7. The van der Waals surface area contributed by atoms with Crippen molar-refractivity contribution < 1.29 is 68.9 Å². The number of rotatable bonds is 14. The second kappa shape index (κ2) is 16.7. The van der Waals surface area contributed by atoms with Crippen molar-refractivity contribution in [2.75, 3.05) is 39.6 Å². The fourth-order valence-corrected chi connectivity index (χ4v) is 9.01. The van der Waals surface area contributed by atoms with Gasteiger partial charge in [0.2, 0.25) is 11.6 Å². The van der Waals surface area contributed by atoms with Crippen LogP contribution in [-0.4, -0.2) is 123 Å². The summed E-state index contributed by atoms with van der Waals surface area (Å²) < 4.78 is 42.9. The van der Waals surface area contributed by atoms with Crippen LogP contribution in [0.25, 0.3) is 0 Å². The molecule has 11 atom stereocenters. The van der Waals surface area contributed by atoms with Crippen molar-refractivity contribution in [3.05, 3.63) is 128 Å². The largest absolute Gasteiger partial charge is 0.494 e. The van der Waals surface area contributed by atoms with Gasteiger partial charge in [-0.25, -0.2) is 0 Å². The second-order valence-corrected chi connectivity index (χ2v) is 16.5. The first kappa shape index (κ1) is 43.2. The molecule has 0 aliphatic carbocycles. The molecule has 4 bridgehead atoms. The molecule has 0 aromatic heterocycles. The predicted molar refractivity (Wildman–Crippen MR) is 215 cm³/mol. The fraction of sp³-hybridized carbons (Fsp3) is 0.455. The SMILES string of the molecule is CCOc1ccc(Cc2cc([C@]34OC[C@](CO[C@@H](c5ccc(OCC)cc5)c5cc([C@]67OC[C@](CO)(O6)[C@@H](O)[C@H](O)[C@H]7O)ccc5Cl)(O3)[C@@H](O)[C@H](O)[C@H]4O)ccc2Cl)cc1. The maximum Gasteiger partial charge on any atom is 0.225 e. The van der Waals surface area contributed by atoms with E-state index < -0.39 is 78.7 Å². The van der Waals surface area contributed by atoms with Crippen molar-refractivity contribution in [1.82, 2.24) is 0 Å². The first-order chi connectivity index (χ1) is 28.7. The summed E-state index contributed by atoms with van der Waals surface area (Å²) in [6.45, 7) is 2.99. The van der Waals surface area contributed by atoms with Crippen molar-refractivity contribution in [2.24, 2.45) is 0 Å². The average molecular weight is 872 g/mol. The normalized spacial score (nSPS) is 33.8. The molecule has 4 saturated heterocycles. The summed E-state index contributed by atoms with van der Waals surface area (Å²) in [6, 6.07) is 24.2. The van der Waals surface area contributed by atoms with Crippen LogP contribution in [-0.2, 0) is 41.7 Å². The Labute approximate surface area is 356 Å². The van der Waals surface area contributed by atoms with Gasteiger partial charge in [-0.2, -0.15) is 0 Å². The Morgan fingerprint density at radius 2 is 1.17 bits per heavy atom. The Balaban J connectivity index is 1.13. The Morgan fingerprint density at radius 3 is 1.75 bits per heavy atom. The number of halogens is 2. The van der Waals surface area contributed by atoms with Gasteiger partial charge in [0.25, 0.3) is 0 Å². The van der Waals surface area contributed by atoms with Gasteiger partial charge in [-0.3, -0.25) is 0 Å². The Bertz CT molecular complexity index is 2160. The van der Waals surface area contributed by atoms with Crippen LogP contribution >= 0.6 is 23.2 Å². The summed E-state index contributed by atoms with van der Waals surface area (Å²) in [4.78, 5) is 0. The lowest BCUT2D eigenvalue weighted by atomic mass is 9.83. The minimum absolute atomic E-state index is 0.202. The molecule has 14 nitrogen and oxygen atoms in total. The van der Waals surface area contributed by atoms with Crippen LogP contribution in [0.15, 0.2) is 84.9 Å². The van der Waals surface area contributed by atoms with Crippen molar-refractivity contribution in [3.63, 3.8) is 0 Å². The lowest BCUT2D eigenvalue weighted by Crippen LogP contribution is -2.65. The molecular formula is C44H48Cl2O14. The molecule has 7 N–H and O–H groups in total. The molecular weight excluding hydrogens is 823 g/mol. The maximum atomic E-state index is 11.6. The molecule has 0 radical (unpaired) electrons. The van der Waals surface area contributed by atoms with Gasteiger partial charge in [-0.15, -0.1) is 0 Å². The minimum atomic E-state index is -2.01. The van der Waals surface area contributed by atoms with E-state index >= 15 is 0 Å². The van der Waals surface area contributed by atoms with Gasteiger partial charge in [0.05, 0.1) is 39.6 Å². The third-order valence-electron chi connectivity index (χ3n) is 11.9. The monoisotopic (exact) mass is 870 g/mol. The van der Waals surface area contributed by atoms with Crippen LogP contribution < -0.4 is 9.47 Å². The van der Waals surface area contributed by atoms with Gasteiger partial charge in [0, 0.05) is 26.7 Å². The van der Waals surface area contributed by atoms with E-state index in [-0.39, 0.29) is 23.8 Å². The highest BCUT2D eigenvalue weighted by atomic mass is 35.5. The summed E-state index contributed by atoms with van der Waals surface area (Å²) >= 11 is 13.6. The molecule has 4 aromatic carbocycles. The molecule has 4 aliphatic rings. The number of aliphatic hydroxyl groups is 7. The van der Waals surface area contributed by atoms with Gasteiger partial charge >= 0.3 is 0 Å². The van der Waals surface area contributed by atoms with Gasteiger partial charge in [-0.1, -0.05) is 59.6 Å². The third-order valence-corrected chi connectivity index (χ3v) is 12.6. The highest BCUT2D eigenvalue weighted by Crippen LogP contribution is 2.53. The number of hydrogen-bond acceptors (Lipinski definition) is 14. The number of fused-ring (bicyclic) bond motifs is 4. The van der Waals surface area contributed by atoms with E-state index in [1.54, 1.807) is 48.5 Å². The topological polar surface area (TPSA) is 206 Å². The Kier molecular flexibility index (Phi) is 12.0. The van der Waals surface area contributed by atoms with Crippen LogP contribution in [0.5, 0.6) is 11.5 Å². The molecule has 322 valence electrons. The van der Waals surface area contributed by atoms with Crippen LogP contribution in [0, 0.1) is 0 Å². The van der Waals surface area contributed by atoms with E-state index in [4.69, 9.17) is 56.4 Å². The van der Waals surface area contributed by atoms with E-state index in [0.29, 0.717) is 52.7 Å². The maximum absolute atomic E-state index is 11.6.